The Labute approximate surface area is 145 Å². The number of amides is 1. The fourth-order valence-corrected chi connectivity index (χ4v) is 2.77. The predicted octanol–water partition coefficient (Wildman–Crippen LogP) is 3.58. The van der Waals surface area contributed by atoms with Gasteiger partial charge < -0.3 is 14.8 Å². The number of nitrogens with one attached hydrogen (secondary N) is 1. The maximum Gasteiger partial charge on any atom is 0.220 e. The first-order valence-corrected chi connectivity index (χ1v) is 8.93. The topological polar surface area (TPSA) is 47.6 Å². The molecular formula is C20H31NO3. The van der Waals surface area contributed by atoms with Crippen LogP contribution >= 0.6 is 0 Å². The molecule has 0 aliphatic carbocycles. The van der Waals surface area contributed by atoms with Crippen LogP contribution in [0.2, 0.25) is 0 Å². The molecule has 0 saturated carbocycles. The zero-order valence-corrected chi connectivity index (χ0v) is 15.5. The Bertz CT molecular complexity index is 525. The summed E-state index contributed by atoms with van der Waals surface area (Å²) in [6.07, 6.45) is 2.89. The Hall–Kier alpha value is -1.39. The monoisotopic (exact) mass is 333 g/mol. The molecule has 1 aliphatic heterocycles. The van der Waals surface area contributed by atoms with Crippen LogP contribution in [-0.4, -0.2) is 31.5 Å². The van der Waals surface area contributed by atoms with Crippen molar-refractivity contribution in [1.29, 1.82) is 0 Å². The molecule has 1 aliphatic rings. The highest BCUT2D eigenvalue weighted by atomic mass is 16.7. The molecule has 4 heteroatoms. The van der Waals surface area contributed by atoms with Gasteiger partial charge in [0.1, 0.15) is 0 Å². The molecule has 1 aromatic rings. The van der Waals surface area contributed by atoms with E-state index in [1.165, 1.54) is 11.1 Å². The van der Waals surface area contributed by atoms with Crippen molar-refractivity contribution in [2.45, 2.75) is 64.6 Å². The minimum atomic E-state index is -0.547. The van der Waals surface area contributed by atoms with Crippen molar-refractivity contribution in [3.05, 3.63) is 35.4 Å². The first-order chi connectivity index (χ1) is 11.3. The van der Waals surface area contributed by atoms with Crippen LogP contribution < -0.4 is 5.32 Å². The van der Waals surface area contributed by atoms with Gasteiger partial charge in [-0.05, 0) is 36.3 Å². The highest BCUT2D eigenvalue weighted by Gasteiger charge is 2.28. The second-order valence-corrected chi connectivity index (χ2v) is 7.73. The summed E-state index contributed by atoms with van der Waals surface area (Å²) in [5.74, 6) is -0.469. The lowest BCUT2D eigenvalue weighted by Crippen LogP contribution is -2.41. The average Bonchev–Trinajstić information content (AvgIpc) is 2.53. The number of carbonyl (C=O) groups excluding carboxylic acids is 1. The third-order valence-electron chi connectivity index (χ3n) is 4.47. The molecule has 0 aromatic heterocycles. The zero-order chi connectivity index (χ0) is 17.6. The summed E-state index contributed by atoms with van der Waals surface area (Å²) in [4.78, 5) is 12.0. The standard InChI is InChI=1S/C20H31NO3/c1-19(2,3)17-9-6-16(7-10-17)8-11-18(22)21-13-12-20(4)23-14-5-15-24-20/h6-7,9-10H,5,8,11-15H2,1-4H3,(H,21,22). The van der Waals surface area contributed by atoms with Gasteiger partial charge in [0.05, 0.1) is 13.2 Å². The molecule has 0 radical (unpaired) electrons. The summed E-state index contributed by atoms with van der Waals surface area (Å²) in [7, 11) is 0. The smallest absolute Gasteiger partial charge is 0.220 e. The van der Waals surface area contributed by atoms with E-state index >= 15 is 0 Å². The van der Waals surface area contributed by atoms with E-state index in [1.54, 1.807) is 0 Å². The molecule has 0 spiro atoms. The minimum absolute atomic E-state index is 0.0781. The maximum atomic E-state index is 12.0. The molecule has 1 fully saturated rings. The van der Waals surface area contributed by atoms with Crippen LogP contribution in [0, 0.1) is 0 Å². The number of ether oxygens (including phenoxy) is 2. The highest BCUT2D eigenvalue weighted by molar-refractivity contribution is 5.76. The Morgan fingerprint density at radius 3 is 2.38 bits per heavy atom. The van der Waals surface area contributed by atoms with Gasteiger partial charge in [-0.25, -0.2) is 0 Å². The normalized spacial score (nSPS) is 17.5. The number of benzene rings is 1. The van der Waals surface area contributed by atoms with Gasteiger partial charge in [0.2, 0.25) is 5.91 Å². The van der Waals surface area contributed by atoms with Gasteiger partial charge in [-0.1, -0.05) is 45.0 Å². The van der Waals surface area contributed by atoms with E-state index < -0.39 is 5.79 Å². The van der Waals surface area contributed by atoms with E-state index in [0.29, 0.717) is 19.4 Å². The van der Waals surface area contributed by atoms with Crippen molar-refractivity contribution in [1.82, 2.24) is 5.32 Å². The van der Waals surface area contributed by atoms with Crippen LogP contribution in [0.25, 0.3) is 0 Å². The largest absolute Gasteiger partial charge is 0.356 e. The fraction of sp³-hybridized carbons (Fsp3) is 0.650. The highest BCUT2D eigenvalue weighted by Crippen LogP contribution is 2.23. The molecule has 2 rings (SSSR count). The summed E-state index contributed by atoms with van der Waals surface area (Å²) in [6, 6.07) is 8.56. The summed E-state index contributed by atoms with van der Waals surface area (Å²) < 4.78 is 11.3. The minimum Gasteiger partial charge on any atom is -0.356 e. The van der Waals surface area contributed by atoms with E-state index in [-0.39, 0.29) is 11.3 Å². The van der Waals surface area contributed by atoms with E-state index in [4.69, 9.17) is 9.47 Å². The second kappa shape index (κ2) is 8.13. The molecule has 0 bridgehead atoms. The molecule has 1 N–H and O–H groups in total. The van der Waals surface area contributed by atoms with Crippen molar-refractivity contribution in [3.8, 4) is 0 Å². The molecule has 24 heavy (non-hydrogen) atoms. The van der Waals surface area contributed by atoms with Gasteiger partial charge >= 0.3 is 0 Å². The molecule has 0 atom stereocenters. The summed E-state index contributed by atoms with van der Waals surface area (Å²) in [5.41, 5.74) is 2.68. The quantitative estimate of drug-likeness (QED) is 0.865. The Kier molecular flexibility index (Phi) is 6.41. The number of hydrogen-bond donors (Lipinski definition) is 1. The Morgan fingerprint density at radius 1 is 1.17 bits per heavy atom. The van der Waals surface area contributed by atoms with E-state index in [0.717, 1.165) is 26.1 Å². The van der Waals surface area contributed by atoms with Crippen LogP contribution in [0.1, 0.15) is 58.1 Å². The summed E-state index contributed by atoms with van der Waals surface area (Å²) >= 11 is 0. The maximum absolute atomic E-state index is 12.0. The van der Waals surface area contributed by atoms with Crippen molar-refractivity contribution in [2.24, 2.45) is 0 Å². The van der Waals surface area contributed by atoms with E-state index in [9.17, 15) is 4.79 Å². The lowest BCUT2D eigenvalue weighted by atomic mass is 9.86. The fourth-order valence-electron chi connectivity index (χ4n) is 2.77. The molecule has 1 aromatic carbocycles. The first kappa shape index (κ1) is 18.9. The van der Waals surface area contributed by atoms with Crippen molar-refractivity contribution >= 4 is 5.91 Å². The molecule has 134 valence electrons. The van der Waals surface area contributed by atoms with Crippen LogP contribution in [0.15, 0.2) is 24.3 Å². The molecule has 1 amide bonds. The summed E-state index contributed by atoms with van der Waals surface area (Å²) in [6.45, 7) is 10.6. The molecular weight excluding hydrogens is 302 g/mol. The van der Waals surface area contributed by atoms with E-state index in [2.05, 4.69) is 50.4 Å². The number of aryl methyl sites for hydroxylation is 1. The van der Waals surface area contributed by atoms with Gasteiger partial charge in [0, 0.05) is 19.4 Å². The van der Waals surface area contributed by atoms with Gasteiger partial charge in [0.15, 0.2) is 5.79 Å². The Morgan fingerprint density at radius 2 is 1.79 bits per heavy atom. The van der Waals surface area contributed by atoms with Crippen LogP contribution in [-0.2, 0) is 26.1 Å². The number of rotatable bonds is 6. The SMILES string of the molecule is CC1(CCNC(=O)CCc2ccc(C(C)(C)C)cc2)OCCCO1. The van der Waals surface area contributed by atoms with Crippen LogP contribution in [0.3, 0.4) is 0 Å². The van der Waals surface area contributed by atoms with Crippen LogP contribution in [0.5, 0.6) is 0 Å². The molecule has 1 saturated heterocycles. The van der Waals surface area contributed by atoms with Gasteiger partial charge in [-0.15, -0.1) is 0 Å². The van der Waals surface area contributed by atoms with Crippen LogP contribution in [0.4, 0.5) is 0 Å². The lowest BCUT2D eigenvalue weighted by molar-refractivity contribution is -0.257. The van der Waals surface area contributed by atoms with Crippen molar-refractivity contribution in [2.75, 3.05) is 19.8 Å². The molecule has 0 unspecified atom stereocenters. The Balaban J connectivity index is 1.69. The van der Waals surface area contributed by atoms with E-state index in [1.807, 2.05) is 6.92 Å². The lowest BCUT2D eigenvalue weighted by Gasteiger charge is -2.33. The van der Waals surface area contributed by atoms with Gasteiger partial charge in [0.25, 0.3) is 0 Å². The van der Waals surface area contributed by atoms with Crippen molar-refractivity contribution < 1.29 is 14.3 Å². The summed E-state index contributed by atoms with van der Waals surface area (Å²) in [5, 5.41) is 2.96. The van der Waals surface area contributed by atoms with Gasteiger partial charge in [-0.2, -0.15) is 0 Å². The average molecular weight is 333 g/mol. The third-order valence-corrected chi connectivity index (χ3v) is 4.47. The molecule has 4 nitrogen and oxygen atoms in total. The predicted molar refractivity (Wildman–Crippen MR) is 96.0 cm³/mol. The third kappa shape index (κ3) is 5.91. The first-order valence-electron chi connectivity index (χ1n) is 8.93. The van der Waals surface area contributed by atoms with Crippen molar-refractivity contribution in [3.63, 3.8) is 0 Å². The zero-order valence-electron chi connectivity index (χ0n) is 15.5. The van der Waals surface area contributed by atoms with Gasteiger partial charge in [-0.3, -0.25) is 4.79 Å². The molecule has 1 heterocycles. The number of carbonyl (C=O) groups is 1. The second-order valence-electron chi connectivity index (χ2n) is 7.73. The number of hydrogen-bond acceptors (Lipinski definition) is 3.